The lowest BCUT2D eigenvalue weighted by Gasteiger charge is -2.39. The summed E-state index contributed by atoms with van der Waals surface area (Å²) in [6.07, 6.45) is -1.10. The van der Waals surface area contributed by atoms with Crippen LogP contribution in [0.4, 0.5) is 0 Å². The zero-order valence-corrected chi connectivity index (χ0v) is 36.1. The Morgan fingerprint density at radius 2 is 1.40 bits per heavy atom. The highest BCUT2D eigenvalue weighted by atomic mass is 32.2. The van der Waals surface area contributed by atoms with Crippen LogP contribution in [-0.2, 0) is 43.9 Å². The molecule has 0 radical (unpaired) electrons. The Bertz CT molecular complexity index is 2490. The van der Waals surface area contributed by atoms with E-state index in [1.54, 1.807) is 12.1 Å². The predicted octanol–water partition coefficient (Wildman–Crippen LogP) is 7.96. The van der Waals surface area contributed by atoms with Gasteiger partial charge in [0, 0.05) is 31.1 Å². The van der Waals surface area contributed by atoms with Gasteiger partial charge in [-0.3, -0.25) is 9.69 Å². The van der Waals surface area contributed by atoms with Gasteiger partial charge in [-0.1, -0.05) is 139 Å². The van der Waals surface area contributed by atoms with Gasteiger partial charge in [-0.15, -0.1) is 0 Å². The third kappa shape index (κ3) is 11.5. The van der Waals surface area contributed by atoms with Crippen molar-refractivity contribution in [2.75, 3.05) is 13.6 Å². The number of sulfonamides is 1. The second kappa shape index (κ2) is 20.6. The van der Waals surface area contributed by atoms with Crippen LogP contribution in [0, 0.1) is 6.92 Å². The Kier molecular flexibility index (Phi) is 14.8. The van der Waals surface area contributed by atoms with Crippen LogP contribution in [0.15, 0.2) is 163 Å². The minimum atomic E-state index is -3.98. The van der Waals surface area contributed by atoms with E-state index in [1.807, 2.05) is 148 Å². The fourth-order valence-corrected chi connectivity index (χ4v) is 8.93. The van der Waals surface area contributed by atoms with E-state index in [0.29, 0.717) is 13.0 Å². The van der Waals surface area contributed by atoms with Crippen molar-refractivity contribution in [1.82, 2.24) is 14.9 Å². The topological polar surface area (TPSA) is 137 Å². The maximum Gasteiger partial charge on any atom is 0.241 e. The van der Waals surface area contributed by atoms with E-state index in [-0.39, 0.29) is 42.7 Å². The Morgan fingerprint density at radius 1 is 0.758 bits per heavy atom. The van der Waals surface area contributed by atoms with Crippen LogP contribution in [0.2, 0.25) is 0 Å². The standard InChI is InChI=1S/C51H55N3O7S/c1-35-20-26-46(27-21-35)62(58,59)53-47(29-37-12-6-4-7-13-37)50(57)52-32-39-14-10-17-42(28-39)43-18-11-19-44(30-43)51-60-45(31-48(61-51)40-24-22-38(34-55)23-25-40)33-54(3)36(2)49(56)41-15-8-5-9-16-41/h4-28,30,36,45,47-49,51,53,55-56H,29,31-34H2,1-3H3,(H,52,57). The fourth-order valence-electron chi connectivity index (χ4n) is 7.74. The third-order valence-corrected chi connectivity index (χ3v) is 13.0. The zero-order chi connectivity index (χ0) is 43.6. The summed E-state index contributed by atoms with van der Waals surface area (Å²) >= 11 is 0. The highest BCUT2D eigenvalue weighted by Crippen LogP contribution is 2.39. The number of nitrogens with one attached hydrogen (secondary N) is 2. The van der Waals surface area contributed by atoms with E-state index >= 15 is 0 Å². The van der Waals surface area contributed by atoms with Crippen molar-refractivity contribution in [2.45, 2.75) is 81.4 Å². The maximum absolute atomic E-state index is 13.8. The van der Waals surface area contributed by atoms with Crippen LogP contribution in [0.1, 0.15) is 70.8 Å². The first kappa shape index (κ1) is 44.6. The summed E-state index contributed by atoms with van der Waals surface area (Å²) in [7, 11) is -1.98. The number of likely N-dealkylation sites (N-methyl/N-ethyl adjacent to an activating group) is 1. The van der Waals surface area contributed by atoms with Gasteiger partial charge in [0.1, 0.15) is 6.04 Å². The summed E-state index contributed by atoms with van der Waals surface area (Å²) in [5, 5.41) is 23.9. The number of aryl methyl sites for hydroxylation is 1. The summed E-state index contributed by atoms with van der Waals surface area (Å²) in [4.78, 5) is 16.0. The van der Waals surface area contributed by atoms with Crippen LogP contribution in [0.5, 0.6) is 0 Å². The summed E-state index contributed by atoms with van der Waals surface area (Å²) in [5.74, 6) is -0.437. The van der Waals surface area contributed by atoms with E-state index in [9.17, 15) is 23.4 Å². The fraction of sp³-hybridized carbons (Fsp3) is 0.275. The Balaban J connectivity index is 1.07. The van der Waals surface area contributed by atoms with Crippen LogP contribution < -0.4 is 10.0 Å². The first-order valence-electron chi connectivity index (χ1n) is 21.0. The van der Waals surface area contributed by atoms with Crippen LogP contribution in [0.25, 0.3) is 11.1 Å². The molecule has 6 atom stereocenters. The van der Waals surface area contributed by atoms with Gasteiger partial charge in [-0.05, 0) is 90.5 Å². The molecule has 6 aromatic carbocycles. The highest BCUT2D eigenvalue weighted by Gasteiger charge is 2.34. The normalized spacial score (nSPS) is 18.2. The first-order valence-corrected chi connectivity index (χ1v) is 22.5. The average molecular weight is 854 g/mol. The first-order chi connectivity index (χ1) is 29.9. The van der Waals surface area contributed by atoms with Crippen molar-refractivity contribution < 1.29 is 32.9 Å². The SMILES string of the molecule is Cc1ccc(S(=O)(=O)NC(Cc2ccccc2)C(=O)NCc2cccc(-c3cccc(C4OC(CN(C)C(C)C(O)c5ccccc5)CC(c5ccc(CO)cc5)O4)c3)c2)cc1. The molecule has 4 N–H and O–H groups in total. The number of aliphatic hydroxyl groups excluding tert-OH is 2. The number of nitrogens with zero attached hydrogens (tertiary/aromatic N) is 1. The second-order valence-electron chi connectivity index (χ2n) is 16.1. The van der Waals surface area contributed by atoms with E-state index in [0.717, 1.165) is 50.1 Å². The van der Waals surface area contributed by atoms with Crippen LogP contribution >= 0.6 is 0 Å². The molecular weight excluding hydrogens is 799 g/mol. The van der Waals surface area contributed by atoms with Crippen molar-refractivity contribution in [3.63, 3.8) is 0 Å². The molecule has 1 amide bonds. The van der Waals surface area contributed by atoms with Gasteiger partial charge in [0.15, 0.2) is 6.29 Å². The number of hydrogen-bond donors (Lipinski definition) is 4. The van der Waals surface area contributed by atoms with E-state index < -0.39 is 34.4 Å². The van der Waals surface area contributed by atoms with Crippen molar-refractivity contribution in [3.8, 4) is 11.1 Å². The smallest absolute Gasteiger partial charge is 0.241 e. The lowest BCUT2D eigenvalue weighted by Crippen LogP contribution is -2.47. The molecule has 0 saturated carbocycles. The van der Waals surface area contributed by atoms with E-state index in [1.165, 1.54) is 12.1 Å². The number of hydrogen-bond acceptors (Lipinski definition) is 8. The van der Waals surface area contributed by atoms with Gasteiger partial charge in [0.25, 0.3) is 0 Å². The minimum absolute atomic E-state index is 0.0439. The number of amides is 1. The Labute approximate surface area is 365 Å². The largest absolute Gasteiger partial charge is 0.392 e. The Morgan fingerprint density at radius 3 is 2.10 bits per heavy atom. The molecule has 0 bridgehead atoms. The van der Waals surface area contributed by atoms with Crippen molar-refractivity contribution in [2.24, 2.45) is 0 Å². The molecule has 1 aliphatic rings. The molecule has 322 valence electrons. The number of benzene rings is 6. The predicted molar refractivity (Wildman–Crippen MR) is 241 cm³/mol. The lowest BCUT2D eigenvalue weighted by atomic mass is 9.97. The summed E-state index contributed by atoms with van der Waals surface area (Å²) < 4.78 is 42.9. The molecule has 6 unspecified atom stereocenters. The maximum atomic E-state index is 13.8. The number of aliphatic hydroxyl groups is 2. The van der Waals surface area contributed by atoms with Gasteiger partial charge in [-0.2, -0.15) is 4.72 Å². The molecule has 1 fully saturated rings. The zero-order valence-electron chi connectivity index (χ0n) is 35.3. The van der Waals surface area contributed by atoms with Crippen LogP contribution in [0.3, 0.4) is 0 Å². The molecule has 1 saturated heterocycles. The molecule has 6 aromatic rings. The number of carbonyl (C=O) groups is 1. The molecule has 7 rings (SSSR count). The second-order valence-corrected chi connectivity index (χ2v) is 17.8. The lowest BCUT2D eigenvalue weighted by molar-refractivity contribution is -0.253. The minimum Gasteiger partial charge on any atom is -0.392 e. The summed E-state index contributed by atoms with van der Waals surface area (Å²) in [6, 6.07) is 48.0. The Hall–Kier alpha value is -5.50. The molecule has 0 aromatic heterocycles. The quantitative estimate of drug-likeness (QED) is 0.0726. The third-order valence-electron chi connectivity index (χ3n) is 11.5. The molecular formula is C51H55N3O7S. The van der Waals surface area contributed by atoms with Gasteiger partial charge in [0.05, 0.1) is 29.8 Å². The number of carbonyl (C=O) groups excluding carboxylic acids is 1. The highest BCUT2D eigenvalue weighted by molar-refractivity contribution is 7.89. The van der Waals surface area contributed by atoms with E-state index in [4.69, 9.17) is 9.47 Å². The summed E-state index contributed by atoms with van der Waals surface area (Å²) in [6.45, 7) is 4.60. The molecule has 0 spiro atoms. The van der Waals surface area contributed by atoms with Crippen molar-refractivity contribution in [3.05, 3.63) is 197 Å². The summed E-state index contributed by atoms with van der Waals surface area (Å²) in [5.41, 5.74) is 7.96. The number of ether oxygens (including phenoxy) is 2. The molecule has 11 heteroatoms. The van der Waals surface area contributed by atoms with Gasteiger partial charge < -0.3 is 25.0 Å². The van der Waals surface area contributed by atoms with Gasteiger partial charge in [-0.25, -0.2) is 8.42 Å². The average Bonchev–Trinajstić information content (AvgIpc) is 3.30. The van der Waals surface area contributed by atoms with Crippen molar-refractivity contribution >= 4 is 15.9 Å². The van der Waals surface area contributed by atoms with E-state index in [2.05, 4.69) is 21.0 Å². The van der Waals surface area contributed by atoms with Crippen molar-refractivity contribution in [1.29, 1.82) is 0 Å². The molecule has 62 heavy (non-hydrogen) atoms. The van der Waals surface area contributed by atoms with Gasteiger partial charge in [0.2, 0.25) is 15.9 Å². The number of rotatable bonds is 17. The van der Waals surface area contributed by atoms with Crippen LogP contribution in [-0.4, -0.2) is 61.2 Å². The molecule has 1 heterocycles. The molecule has 1 aliphatic heterocycles. The van der Waals surface area contributed by atoms with Gasteiger partial charge >= 0.3 is 0 Å². The monoisotopic (exact) mass is 853 g/mol. The molecule has 10 nitrogen and oxygen atoms in total. The molecule has 0 aliphatic carbocycles.